The van der Waals surface area contributed by atoms with Crippen molar-refractivity contribution in [3.05, 3.63) is 0 Å². The zero-order valence-corrected chi connectivity index (χ0v) is 14.3. The molecule has 0 aliphatic carbocycles. The van der Waals surface area contributed by atoms with Crippen molar-refractivity contribution >= 4 is 22.1 Å². The Morgan fingerprint density at radius 3 is 2.21 bits per heavy atom. The summed E-state index contributed by atoms with van der Waals surface area (Å²) in [4.78, 5) is 26.7. The molecule has 0 spiro atoms. The molecule has 24 heavy (non-hydrogen) atoms. The highest BCUT2D eigenvalue weighted by molar-refractivity contribution is 7.86. The van der Waals surface area contributed by atoms with Gasteiger partial charge < -0.3 is 10.1 Å². The third-order valence-electron chi connectivity index (χ3n) is 4.47. The predicted molar refractivity (Wildman–Crippen MR) is 84.4 cm³/mol. The van der Waals surface area contributed by atoms with Gasteiger partial charge in [-0.2, -0.15) is 17.0 Å². The van der Waals surface area contributed by atoms with E-state index in [-0.39, 0.29) is 18.5 Å². The molecule has 0 aromatic carbocycles. The van der Waals surface area contributed by atoms with Gasteiger partial charge >= 0.3 is 6.03 Å². The predicted octanol–water partition coefficient (Wildman–Crippen LogP) is -2.27. The molecule has 136 valence electrons. The van der Waals surface area contributed by atoms with Gasteiger partial charge in [-0.1, -0.05) is 0 Å². The zero-order chi connectivity index (χ0) is 17.2. The molecular weight excluding hydrogens is 338 g/mol. The monoisotopic (exact) mass is 361 g/mol. The molecule has 0 radical (unpaired) electrons. The van der Waals surface area contributed by atoms with Crippen LogP contribution in [0.1, 0.15) is 0 Å². The van der Waals surface area contributed by atoms with Crippen molar-refractivity contribution in [1.82, 2.24) is 23.7 Å². The fraction of sp³-hybridized carbons (Fsp3) is 0.846. The lowest BCUT2D eigenvalue weighted by atomic mass is 10.3. The molecule has 10 nitrogen and oxygen atoms in total. The Hall–Kier alpha value is -1.27. The van der Waals surface area contributed by atoms with Crippen LogP contribution in [-0.4, -0.2) is 111 Å². The molecule has 3 heterocycles. The molecule has 3 aliphatic heterocycles. The van der Waals surface area contributed by atoms with Crippen LogP contribution in [0.3, 0.4) is 0 Å². The first kappa shape index (κ1) is 17.5. The lowest BCUT2D eigenvalue weighted by Gasteiger charge is -2.37. The second-order valence-corrected chi connectivity index (χ2v) is 7.90. The first-order valence-corrected chi connectivity index (χ1v) is 9.52. The summed E-state index contributed by atoms with van der Waals surface area (Å²) >= 11 is 0. The summed E-state index contributed by atoms with van der Waals surface area (Å²) in [5, 5.41) is 2.60. The van der Waals surface area contributed by atoms with E-state index in [0.29, 0.717) is 65.6 Å². The van der Waals surface area contributed by atoms with E-state index in [1.165, 1.54) is 13.5 Å². The molecule has 11 heteroatoms. The van der Waals surface area contributed by atoms with Crippen molar-refractivity contribution in [2.45, 2.75) is 0 Å². The number of ether oxygens (including phenoxy) is 1. The summed E-state index contributed by atoms with van der Waals surface area (Å²) < 4.78 is 33.2. The average Bonchev–Trinajstić information content (AvgIpc) is 3.02. The highest BCUT2D eigenvalue weighted by Gasteiger charge is 2.34. The largest absolute Gasteiger partial charge is 0.379 e. The molecule has 0 aromatic rings. The second-order valence-electron chi connectivity index (χ2n) is 5.97. The van der Waals surface area contributed by atoms with Crippen molar-refractivity contribution in [3.63, 3.8) is 0 Å². The number of carbonyl (C=O) groups excluding carboxylic acids is 2. The lowest BCUT2D eigenvalue weighted by molar-refractivity contribution is -0.129. The minimum absolute atomic E-state index is 0.138. The number of hydrogen-bond acceptors (Lipinski definition) is 6. The molecule has 0 saturated carbocycles. The fourth-order valence-electron chi connectivity index (χ4n) is 3.05. The van der Waals surface area contributed by atoms with E-state index in [0.717, 1.165) is 0 Å². The molecule has 3 aliphatic rings. The standard InChI is InChI=1S/C13H23N5O5S/c19-12(18-2-1-14-13(18)20)11-15-3-5-16(6-4-15)24(21,22)17-7-9-23-10-8-17/h1-11H2,(H,14,20). The molecule has 0 bridgehead atoms. The molecular formula is C13H23N5O5S. The van der Waals surface area contributed by atoms with Crippen LogP contribution in [0.4, 0.5) is 4.79 Å². The van der Waals surface area contributed by atoms with Crippen LogP contribution in [-0.2, 0) is 19.7 Å². The van der Waals surface area contributed by atoms with Gasteiger partial charge in [-0.25, -0.2) is 4.79 Å². The van der Waals surface area contributed by atoms with Crippen LogP contribution in [0.15, 0.2) is 0 Å². The molecule has 0 unspecified atom stereocenters. The average molecular weight is 361 g/mol. The molecule has 3 rings (SSSR count). The van der Waals surface area contributed by atoms with Crippen LogP contribution in [0.2, 0.25) is 0 Å². The summed E-state index contributed by atoms with van der Waals surface area (Å²) in [5.41, 5.74) is 0. The third-order valence-corrected chi connectivity index (χ3v) is 6.51. The fourth-order valence-corrected chi connectivity index (χ4v) is 4.61. The molecule has 3 amide bonds. The quantitative estimate of drug-likeness (QED) is 0.606. The molecule has 0 atom stereocenters. The van der Waals surface area contributed by atoms with E-state index in [2.05, 4.69) is 5.32 Å². The van der Waals surface area contributed by atoms with Crippen molar-refractivity contribution in [2.75, 3.05) is 72.1 Å². The summed E-state index contributed by atoms with van der Waals surface area (Å²) in [7, 11) is -3.46. The lowest BCUT2D eigenvalue weighted by Crippen LogP contribution is -2.56. The van der Waals surface area contributed by atoms with Crippen LogP contribution >= 0.6 is 0 Å². The van der Waals surface area contributed by atoms with Gasteiger partial charge in [0.05, 0.1) is 19.8 Å². The maximum absolute atomic E-state index is 12.6. The molecule has 3 saturated heterocycles. The van der Waals surface area contributed by atoms with E-state index >= 15 is 0 Å². The van der Waals surface area contributed by atoms with E-state index in [1.807, 2.05) is 4.90 Å². The number of nitrogens with one attached hydrogen (secondary N) is 1. The van der Waals surface area contributed by atoms with Crippen LogP contribution in [0.25, 0.3) is 0 Å². The zero-order valence-electron chi connectivity index (χ0n) is 13.5. The maximum atomic E-state index is 12.6. The van der Waals surface area contributed by atoms with E-state index in [9.17, 15) is 18.0 Å². The van der Waals surface area contributed by atoms with Crippen LogP contribution < -0.4 is 5.32 Å². The number of hydrogen-bond donors (Lipinski definition) is 1. The number of morpholine rings is 1. The summed E-state index contributed by atoms with van der Waals surface area (Å²) in [6.07, 6.45) is 0. The molecule has 0 aromatic heterocycles. The molecule has 1 N–H and O–H groups in total. The second kappa shape index (κ2) is 7.31. The van der Waals surface area contributed by atoms with Gasteiger partial charge in [0.25, 0.3) is 10.2 Å². The van der Waals surface area contributed by atoms with E-state index in [1.54, 1.807) is 0 Å². The summed E-state index contributed by atoms with van der Waals surface area (Å²) in [6, 6.07) is -0.353. The maximum Gasteiger partial charge on any atom is 0.324 e. The summed E-state index contributed by atoms with van der Waals surface area (Å²) in [5.74, 6) is -0.241. The SMILES string of the molecule is O=C(CN1CCN(S(=O)(=O)N2CCOCC2)CC1)N1CCNC1=O. The Morgan fingerprint density at radius 2 is 1.62 bits per heavy atom. The van der Waals surface area contributed by atoms with Gasteiger partial charge in [0.15, 0.2) is 0 Å². The topological polar surface area (TPSA) is 102 Å². The smallest absolute Gasteiger partial charge is 0.324 e. The number of urea groups is 1. The van der Waals surface area contributed by atoms with Gasteiger partial charge in [-0.3, -0.25) is 14.6 Å². The number of piperazine rings is 1. The minimum Gasteiger partial charge on any atom is -0.379 e. The Labute approximate surface area is 141 Å². The van der Waals surface area contributed by atoms with Crippen LogP contribution in [0, 0.1) is 0 Å². The van der Waals surface area contributed by atoms with Gasteiger partial charge in [0.2, 0.25) is 5.91 Å². The molecule has 3 fully saturated rings. The van der Waals surface area contributed by atoms with Gasteiger partial charge in [-0.15, -0.1) is 0 Å². The highest BCUT2D eigenvalue weighted by Crippen LogP contribution is 2.14. The van der Waals surface area contributed by atoms with Crippen molar-refractivity contribution in [3.8, 4) is 0 Å². The summed E-state index contributed by atoms with van der Waals surface area (Å²) in [6.45, 7) is 4.26. The Balaban J connectivity index is 1.50. The van der Waals surface area contributed by atoms with Crippen molar-refractivity contribution < 1.29 is 22.7 Å². The Kier molecular flexibility index (Phi) is 5.35. The van der Waals surface area contributed by atoms with Crippen molar-refractivity contribution in [2.24, 2.45) is 0 Å². The van der Waals surface area contributed by atoms with E-state index in [4.69, 9.17) is 4.74 Å². The van der Waals surface area contributed by atoms with Gasteiger partial charge in [0, 0.05) is 52.4 Å². The number of nitrogens with zero attached hydrogens (tertiary/aromatic N) is 4. The van der Waals surface area contributed by atoms with Crippen LogP contribution in [0.5, 0.6) is 0 Å². The minimum atomic E-state index is -3.46. The third kappa shape index (κ3) is 3.70. The van der Waals surface area contributed by atoms with Crippen molar-refractivity contribution in [1.29, 1.82) is 0 Å². The Morgan fingerprint density at radius 1 is 1.00 bits per heavy atom. The number of amides is 3. The normalized spacial score (nSPS) is 25.0. The van der Waals surface area contributed by atoms with Gasteiger partial charge in [0.1, 0.15) is 0 Å². The van der Waals surface area contributed by atoms with Gasteiger partial charge in [-0.05, 0) is 0 Å². The van der Waals surface area contributed by atoms with E-state index < -0.39 is 10.2 Å². The highest BCUT2D eigenvalue weighted by atomic mass is 32.2. The number of carbonyl (C=O) groups is 2. The first-order valence-electron chi connectivity index (χ1n) is 8.12. The number of imide groups is 1. The Bertz CT molecular complexity index is 584. The number of rotatable bonds is 4. The first-order chi connectivity index (χ1) is 11.5.